The number of nitrogens with one attached hydrogen (secondary N) is 6. The second kappa shape index (κ2) is 16.0. The summed E-state index contributed by atoms with van der Waals surface area (Å²) in [6, 6.07) is 18.3. The van der Waals surface area contributed by atoms with E-state index in [-0.39, 0.29) is 19.3 Å². The molecule has 3 aromatic heterocycles. The Morgan fingerprint density at radius 2 is 1.00 bits per heavy atom. The van der Waals surface area contributed by atoms with Crippen molar-refractivity contribution in [2.45, 2.75) is 49.9 Å². The lowest BCUT2D eigenvalue weighted by Gasteiger charge is -2.25. The number of fused-ring (bicyclic) bond motifs is 3. The fourth-order valence-electron chi connectivity index (χ4n) is 6.38. The Labute approximate surface area is 298 Å². The lowest BCUT2D eigenvalue weighted by molar-refractivity contribution is -0.142. The standard InChI is InChI=1S/C38H41N7O5S/c1-51-15-14-28(39)35(46)43-32(16-22-19-40-29-11-5-2-8-25(22)29)36(47)44-33(17-23-20-41-30-12-6-3-9-26(23)30)37(48)45-34(38(49)50)18-24-21-42-31-13-7-4-10-27(24)31/h2-13,19-21,28,32-34,40-42H,14-18,39H2,1H3,(H,43,46)(H,44,47)(H,45,48)(H,49,50). The van der Waals surface area contributed by atoms with Crippen LogP contribution in [-0.4, -0.2) is 79.9 Å². The summed E-state index contributed by atoms with van der Waals surface area (Å²) in [7, 11) is 0. The number of para-hydroxylation sites is 3. The van der Waals surface area contributed by atoms with Crippen molar-refractivity contribution in [2.24, 2.45) is 5.73 Å². The maximum absolute atomic E-state index is 14.2. The van der Waals surface area contributed by atoms with E-state index in [2.05, 4.69) is 30.9 Å². The first-order valence-electron chi connectivity index (χ1n) is 16.7. The lowest BCUT2D eigenvalue weighted by atomic mass is 10.0. The summed E-state index contributed by atoms with van der Waals surface area (Å²) < 4.78 is 0. The number of hydrogen-bond donors (Lipinski definition) is 8. The van der Waals surface area contributed by atoms with Gasteiger partial charge in [0.1, 0.15) is 18.1 Å². The minimum absolute atomic E-state index is 0.0199. The monoisotopic (exact) mass is 707 g/mol. The van der Waals surface area contributed by atoms with Crippen molar-refractivity contribution in [1.29, 1.82) is 0 Å². The largest absolute Gasteiger partial charge is 0.480 e. The third kappa shape index (κ3) is 8.27. The number of benzene rings is 3. The quantitative estimate of drug-likeness (QED) is 0.0749. The molecule has 9 N–H and O–H groups in total. The van der Waals surface area contributed by atoms with Crippen molar-refractivity contribution >= 4 is 68.2 Å². The number of amides is 3. The van der Waals surface area contributed by atoms with Gasteiger partial charge < -0.3 is 41.7 Å². The molecule has 13 heteroatoms. The van der Waals surface area contributed by atoms with E-state index in [1.165, 1.54) is 0 Å². The van der Waals surface area contributed by atoms with E-state index in [1.807, 2.05) is 79.1 Å². The summed E-state index contributed by atoms with van der Waals surface area (Å²) in [5.41, 5.74) is 11.1. The predicted molar refractivity (Wildman–Crippen MR) is 200 cm³/mol. The summed E-state index contributed by atoms with van der Waals surface area (Å²) in [5, 5.41) is 21.2. The van der Waals surface area contributed by atoms with Gasteiger partial charge in [-0.15, -0.1) is 0 Å². The molecule has 4 atom stereocenters. The Balaban J connectivity index is 1.28. The SMILES string of the molecule is CSCCC(N)C(=O)NC(Cc1c[nH]c2ccccc12)C(=O)NC(Cc1c[nH]c2ccccc12)C(=O)NC(Cc1c[nH]c2ccccc12)C(=O)O. The van der Waals surface area contributed by atoms with Crippen LogP contribution < -0.4 is 21.7 Å². The lowest BCUT2D eigenvalue weighted by Crippen LogP contribution is -2.58. The molecule has 0 saturated carbocycles. The molecule has 0 bridgehead atoms. The number of rotatable bonds is 16. The van der Waals surface area contributed by atoms with Crippen molar-refractivity contribution in [2.75, 3.05) is 12.0 Å². The number of thioether (sulfide) groups is 1. The summed E-state index contributed by atoms with van der Waals surface area (Å²) in [6.07, 6.45) is 7.85. The molecule has 0 aliphatic heterocycles. The molecule has 3 aromatic carbocycles. The van der Waals surface area contributed by atoms with Crippen LogP contribution in [-0.2, 0) is 38.4 Å². The van der Waals surface area contributed by atoms with Gasteiger partial charge in [-0.25, -0.2) is 4.79 Å². The highest BCUT2D eigenvalue weighted by molar-refractivity contribution is 7.98. The number of carbonyl (C=O) groups is 4. The number of carboxylic acids is 1. The predicted octanol–water partition coefficient (Wildman–Crippen LogP) is 3.78. The van der Waals surface area contributed by atoms with Gasteiger partial charge >= 0.3 is 5.97 Å². The van der Waals surface area contributed by atoms with Crippen molar-refractivity contribution in [3.63, 3.8) is 0 Å². The van der Waals surface area contributed by atoms with Crippen LogP contribution in [0.3, 0.4) is 0 Å². The highest BCUT2D eigenvalue weighted by Gasteiger charge is 2.32. The molecular formula is C38H41N7O5S. The zero-order chi connectivity index (χ0) is 35.9. The van der Waals surface area contributed by atoms with E-state index < -0.39 is 47.9 Å². The van der Waals surface area contributed by atoms with E-state index in [1.54, 1.807) is 30.4 Å². The van der Waals surface area contributed by atoms with Crippen LogP contribution in [0.4, 0.5) is 0 Å². The van der Waals surface area contributed by atoms with Crippen LogP contribution in [0.15, 0.2) is 91.4 Å². The third-order valence-corrected chi connectivity index (χ3v) is 9.79. The number of hydrogen-bond acceptors (Lipinski definition) is 6. The molecule has 6 aromatic rings. The van der Waals surface area contributed by atoms with Gasteiger partial charge in [-0.3, -0.25) is 14.4 Å². The average Bonchev–Trinajstić information content (AvgIpc) is 3.87. The molecule has 0 fully saturated rings. The number of aromatic amines is 3. The van der Waals surface area contributed by atoms with E-state index >= 15 is 0 Å². The van der Waals surface area contributed by atoms with Crippen LogP contribution in [0.5, 0.6) is 0 Å². The van der Waals surface area contributed by atoms with Crippen LogP contribution in [0.25, 0.3) is 32.7 Å². The van der Waals surface area contributed by atoms with Gasteiger partial charge in [0.05, 0.1) is 6.04 Å². The van der Waals surface area contributed by atoms with Crippen molar-refractivity contribution in [3.8, 4) is 0 Å². The Morgan fingerprint density at radius 1 is 0.627 bits per heavy atom. The highest BCUT2D eigenvalue weighted by Crippen LogP contribution is 2.22. The van der Waals surface area contributed by atoms with Gasteiger partial charge in [0, 0.05) is 70.6 Å². The Bertz CT molecular complexity index is 2170. The fourth-order valence-corrected chi connectivity index (χ4v) is 6.87. The molecular weight excluding hydrogens is 667 g/mol. The molecule has 0 spiro atoms. The third-order valence-electron chi connectivity index (χ3n) is 9.15. The van der Waals surface area contributed by atoms with Crippen molar-refractivity contribution < 1.29 is 24.3 Å². The summed E-state index contributed by atoms with van der Waals surface area (Å²) in [5.74, 6) is -2.30. The molecule has 0 radical (unpaired) electrons. The van der Waals surface area contributed by atoms with Gasteiger partial charge in [-0.1, -0.05) is 54.6 Å². The topological polar surface area (TPSA) is 198 Å². The molecule has 3 heterocycles. The Hall–Kier alpha value is -5.53. The molecule has 4 unspecified atom stereocenters. The first kappa shape index (κ1) is 35.3. The van der Waals surface area contributed by atoms with Crippen LogP contribution in [0.2, 0.25) is 0 Å². The van der Waals surface area contributed by atoms with Crippen LogP contribution >= 0.6 is 11.8 Å². The summed E-state index contributed by atoms with van der Waals surface area (Å²) >= 11 is 1.57. The zero-order valence-corrected chi connectivity index (χ0v) is 28.9. The van der Waals surface area contributed by atoms with Gasteiger partial charge in [0.15, 0.2) is 0 Å². The Kier molecular flexibility index (Phi) is 11.1. The molecule has 6 rings (SSSR count). The second-order valence-corrected chi connectivity index (χ2v) is 13.6. The molecule has 3 amide bonds. The van der Waals surface area contributed by atoms with E-state index in [4.69, 9.17) is 5.73 Å². The number of nitrogens with two attached hydrogens (primary N) is 1. The summed E-state index contributed by atoms with van der Waals surface area (Å²) in [6.45, 7) is 0. The molecule has 0 saturated heterocycles. The number of carboxylic acid groups (broad SMARTS) is 1. The maximum Gasteiger partial charge on any atom is 0.326 e. The van der Waals surface area contributed by atoms with Gasteiger partial charge in [-0.2, -0.15) is 11.8 Å². The van der Waals surface area contributed by atoms with Gasteiger partial charge in [0.2, 0.25) is 17.7 Å². The second-order valence-electron chi connectivity index (χ2n) is 12.6. The van der Waals surface area contributed by atoms with Crippen LogP contribution in [0, 0.1) is 0 Å². The number of aromatic nitrogens is 3. The number of H-pyrrole nitrogens is 3. The molecule has 0 aliphatic carbocycles. The van der Waals surface area contributed by atoms with Crippen molar-refractivity contribution in [3.05, 3.63) is 108 Å². The number of aliphatic carboxylic acids is 1. The minimum Gasteiger partial charge on any atom is -0.480 e. The molecule has 0 aliphatic rings. The maximum atomic E-state index is 14.2. The summed E-state index contributed by atoms with van der Waals surface area (Å²) in [4.78, 5) is 63.6. The van der Waals surface area contributed by atoms with E-state index in [9.17, 15) is 24.3 Å². The zero-order valence-electron chi connectivity index (χ0n) is 28.1. The highest BCUT2D eigenvalue weighted by atomic mass is 32.2. The fraction of sp³-hybridized carbons (Fsp3) is 0.263. The Morgan fingerprint density at radius 3 is 1.41 bits per heavy atom. The normalized spacial score (nSPS) is 13.8. The number of carbonyl (C=O) groups excluding carboxylic acids is 3. The first-order valence-corrected chi connectivity index (χ1v) is 18.1. The van der Waals surface area contributed by atoms with Gasteiger partial charge in [0.25, 0.3) is 0 Å². The van der Waals surface area contributed by atoms with E-state index in [0.717, 1.165) is 49.4 Å². The molecule has 51 heavy (non-hydrogen) atoms. The van der Waals surface area contributed by atoms with Gasteiger partial charge in [-0.05, 0) is 53.3 Å². The molecule has 12 nitrogen and oxygen atoms in total. The smallest absolute Gasteiger partial charge is 0.326 e. The van der Waals surface area contributed by atoms with Crippen molar-refractivity contribution in [1.82, 2.24) is 30.9 Å². The average molecular weight is 708 g/mol. The minimum atomic E-state index is -1.28. The van der Waals surface area contributed by atoms with E-state index in [0.29, 0.717) is 12.2 Å². The van der Waals surface area contributed by atoms with Crippen LogP contribution in [0.1, 0.15) is 23.1 Å². The molecule has 264 valence electrons. The first-order chi connectivity index (χ1) is 24.7.